The first-order valence-electron chi connectivity index (χ1n) is 13.8. The number of rotatable bonds is 8. The summed E-state index contributed by atoms with van der Waals surface area (Å²) in [7, 11) is 1.39. The van der Waals surface area contributed by atoms with E-state index in [0.717, 1.165) is 88.9 Å². The lowest BCUT2D eigenvalue weighted by atomic mass is 10.1. The van der Waals surface area contributed by atoms with Gasteiger partial charge < -0.3 is 19.5 Å². The second-order valence-corrected chi connectivity index (χ2v) is 9.91. The Morgan fingerprint density at radius 1 is 0.875 bits per heavy atom. The standard InChI is InChI=1S/C32H36N4O4/c1-38-32(37)29-22-30(34-31(23-29)33-12-13-35-14-18-39-19-15-35)28-10-8-26(9-11-28)3-2-25-4-6-27(7-5-25)24-36-16-20-40-21-17-36/h4-11,22-23H,12-21,24H2,1H3,(H,33,34). The van der Waals surface area contributed by atoms with Crippen molar-refractivity contribution in [3.63, 3.8) is 0 Å². The van der Waals surface area contributed by atoms with Crippen LogP contribution in [0.3, 0.4) is 0 Å². The fourth-order valence-electron chi connectivity index (χ4n) is 4.75. The van der Waals surface area contributed by atoms with Crippen LogP contribution in [-0.4, -0.2) is 93.6 Å². The number of ether oxygens (including phenoxy) is 3. The summed E-state index contributed by atoms with van der Waals surface area (Å²) in [6.45, 7) is 9.51. The smallest absolute Gasteiger partial charge is 0.338 e. The van der Waals surface area contributed by atoms with Crippen molar-refractivity contribution in [2.45, 2.75) is 6.54 Å². The second kappa shape index (κ2) is 14.1. The van der Waals surface area contributed by atoms with Crippen LogP contribution in [0.5, 0.6) is 0 Å². The van der Waals surface area contributed by atoms with Crippen LogP contribution < -0.4 is 5.32 Å². The zero-order valence-corrected chi connectivity index (χ0v) is 23.0. The van der Waals surface area contributed by atoms with Gasteiger partial charge >= 0.3 is 5.97 Å². The third-order valence-corrected chi connectivity index (χ3v) is 7.08. The predicted molar refractivity (Wildman–Crippen MR) is 155 cm³/mol. The van der Waals surface area contributed by atoms with Gasteiger partial charge in [0.15, 0.2) is 0 Å². The Morgan fingerprint density at radius 2 is 1.48 bits per heavy atom. The van der Waals surface area contributed by atoms with Crippen molar-refractivity contribution in [3.05, 3.63) is 82.9 Å². The summed E-state index contributed by atoms with van der Waals surface area (Å²) in [5.41, 5.74) is 5.24. The summed E-state index contributed by atoms with van der Waals surface area (Å²) in [6, 6.07) is 19.9. The number of aromatic nitrogens is 1. The minimum absolute atomic E-state index is 0.390. The number of anilines is 1. The quantitative estimate of drug-likeness (QED) is 0.344. The van der Waals surface area contributed by atoms with Crippen LogP contribution in [0.1, 0.15) is 27.0 Å². The third-order valence-electron chi connectivity index (χ3n) is 7.08. The van der Waals surface area contributed by atoms with E-state index in [1.807, 2.05) is 24.3 Å². The molecule has 1 N–H and O–H groups in total. The molecule has 3 heterocycles. The highest BCUT2D eigenvalue weighted by molar-refractivity contribution is 5.91. The van der Waals surface area contributed by atoms with Crippen LogP contribution >= 0.6 is 0 Å². The van der Waals surface area contributed by atoms with Crippen LogP contribution in [0.2, 0.25) is 0 Å². The van der Waals surface area contributed by atoms with Gasteiger partial charge in [-0.2, -0.15) is 0 Å². The number of benzene rings is 2. The molecule has 0 spiro atoms. The van der Waals surface area contributed by atoms with Gasteiger partial charge in [0.25, 0.3) is 0 Å². The topological polar surface area (TPSA) is 76.2 Å². The van der Waals surface area contributed by atoms with Gasteiger partial charge in [-0.25, -0.2) is 9.78 Å². The van der Waals surface area contributed by atoms with Crippen LogP contribution in [0, 0.1) is 11.8 Å². The number of hydrogen-bond acceptors (Lipinski definition) is 8. The summed E-state index contributed by atoms with van der Waals surface area (Å²) in [5, 5.41) is 3.37. The highest BCUT2D eigenvalue weighted by Gasteiger charge is 2.14. The molecular weight excluding hydrogens is 504 g/mol. The van der Waals surface area contributed by atoms with Crippen molar-refractivity contribution in [2.24, 2.45) is 0 Å². The molecule has 0 saturated carbocycles. The minimum atomic E-state index is -0.390. The zero-order chi connectivity index (χ0) is 27.6. The van der Waals surface area contributed by atoms with E-state index in [9.17, 15) is 4.79 Å². The Hall–Kier alpha value is -3.74. The van der Waals surface area contributed by atoms with Crippen molar-refractivity contribution in [2.75, 3.05) is 78.1 Å². The number of carbonyl (C=O) groups excluding carboxylic acids is 1. The monoisotopic (exact) mass is 540 g/mol. The lowest BCUT2D eigenvalue weighted by molar-refractivity contribution is 0.0342. The highest BCUT2D eigenvalue weighted by Crippen LogP contribution is 2.22. The molecule has 208 valence electrons. The summed E-state index contributed by atoms with van der Waals surface area (Å²) in [5.74, 6) is 6.77. The average Bonchev–Trinajstić information content (AvgIpc) is 3.01. The van der Waals surface area contributed by atoms with Crippen LogP contribution in [0.4, 0.5) is 5.82 Å². The first kappa shape index (κ1) is 27.8. The molecule has 2 aliphatic heterocycles. The molecule has 2 aromatic carbocycles. The van der Waals surface area contributed by atoms with E-state index in [4.69, 9.17) is 19.2 Å². The third kappa shape index (κ3) is 7.90. The number of pyridine rings is 1. The summed E-state index contributed by atoms with van der Waals surface area (Å²) in [6.07, 6.45) is 0. The molecule has 2 aliphatic rings. The van der Waals surface area contributed by atoms with E-state index in [2.05, 4.69) is 51.2 Å². The Bertz CT molecular complexity index is 1320. The van der Waals surface area contributed by atoms with Gasteiger partial charge in [-0.05, 0) is 42.0 Å². The van der Waals surface area contributed by atoms with Gasteiger partial charge in [-0.15, -0.1) is 0 Å². The maximum absolute atomic E-state index is 12.3. The van der Waals surface area contributed by atoms with E-state index in [1.165, 1.54) is 12.7 Å². The largest absolute Gasteiger partial charge is 0.465 e. The molecule has 0 unspecified atom stereocenters. The Kier molecular flexibility index (Phi) is 9.77. The SMILES string of the molecule is COC(=O)c1cc(NCCN2CCOCC2)nc(-c2ccc(C#Cc3ccc(CN4CCOCC4)cc3)cc2)c1. The molecule has 1 aromatic heterocycles. The summed E-state index contributed by atoms with van der Waals surface area (Å²) in [4.78, 5) is 21.9. The first-order valence-corrected chi connectivity index (χ1v) is 13.8. The molecule has 0 atom stereocenters. The second-order valence-electron chi connectivity index (χ2n) is 9.91. The van der Waals surface area contributed by atoms with Crippen molar-refractivity contribution in [3.8, 4) is 23.1 Å². The number of nitrogens with zero attached hydrogens (tertiary/aromatic N) is 3. The van der Waals surface area contributed by atoms with E-state index in [1.54, 1.807) is 12.1 Å². The maximum atomic E-state index is 12.3. The van der Waals surface area contributed by atoms with E-state index < -0.39 is 5.97 Å². The molecule has 5 rings (SSSR count). The van der Waals surface area contributed by atoms with E-state index >= 15 is 0 Å². The molecule has 0 aliphatic carbocycles. The van der Waals surface area contributed by atoms with Crippen molar-refractivity contribution in [1.82, 2.24) is 14.8 Å². The lowest BCUT2D eigenvalue weighted by Gasteiger charge is -2.26. The maximum Gasteiger partial charge on any atom is 0.338 e. The number of esters is 1. The van der Waals surface area contributed by atoms with Gasteiger partial charge in [0.2, 0.25) is 0 Å². The number of hydrogen-bond donors (Lipinski definition) is 1. The number of methoxy groups -OCH3 is 1. The highest BCUT2D eigenvalue weighted by atomic mass is 16.5. The molecule has 0 amide bonds. The van der Waals surface area contributed by atoms with Gasteiger partial charge in [0, 0.05) is 62.5 Å². The van der Waals surface area contributed by atoms with E-state index in [-0.39, 0.29) is 0 Å². The number of carbonyl (C=O) groups is 1. The number of nitrogens with one attached hydrogen (secondary N) is 1. The molecular formula is C32H36N4O4. The Morgan fingerprint density at radius 3 is 2.10 bits per heavy atom. The minimum Gasteiger partial charge on any atom is -0.465 e. The predicted octanol–water partition coefficient (Wildman–Crippen LogP) is 3.51. The summed E-state index contributed by atoms with van der Waals surface area (Å²) < 4.78 is 15.8. The van der Waals surface area contributed by atoms with Gasteiger partial charge in [-0.3, -0.25) is 9.80 Å². The molecule has 3 aromatic rings. The van der Waals surface area contributed by atoms with Crippen molar-refractivity contribution < 1.29 is 19.0 Å². The van der Waals surface area contributed by atoms with Crippen LogP contribution in [0.15, 0.2) is 60.7 Å². The van der Waals surface area contributed by atoms with E-state index in [0.29, 0.717) is 17.1 Å². The Balaban J connectivity index is 1.23. The van der Waals surface area contributed by atoms with Crippen molar-refractivity contribution >= 4 is 11.8 Å². The van der Waals surface area contributed by atoms with Crippen molar-refractivity contribution in [1.29, 1.82) is 0 Å². The fourth-order valence-corrected chi connectivity index (χ4v) is 4.75. The first-order chi connectivity index (χ1) is 19.7. The van der Waals surface area contributed by atoms with Gasteiger partial charge in [0.1, 0.15) is 5.82 Å². The molecule has 40 heavy (non-hydrogen) atoms. The fraction of sp³-hybridized carbons (Fsp3) is 0.375. The number of morpholine rings is 2. The van der Waals surface area contributed by atoms with Gasteiger partial charge in [0.05, 0.1) is 44.8 Å². The molecule has 0 radical (unpaired) electrons. The molecule has 8 heteroatoms. The zero-order valence-electron chi connectivity index (χ0n) is 23.0. The van der Waals surface area contributed by atoms with Gasteiger partial charge in [-0.1, -0.05) is 36.1 Å². The molecule has 2 fully saturated rings. The van der Waals surface area contributed by atoms with Crippen LogP contribution in [0.25, 0.3) is 11.3 Å². The molecule has 8 nitrogen and oxygen atoms in total. The summed E-state index contributed by atoms with van der Waals surface area (Å²) >= 11 is 0. The molecule has 2 saturated heterocycles. The Labute approximate surface area is 236 Å². The average molecular weight is 541 g/mol. The normalized spacial score (nSPS) is 16.1. The molecule has 0 bridgehead atoms. The lowest BCUT2D eigenvalue weighted by Crippen LogP contribution is -2.39. The van der Waals surface area contributed by atoms with Crippen LogP contribution in [-0.2, 0) is 20.8 Å².